The van der Waals surface area contributed by atoms with Gasteiger partial charge in [0.15, 0.2) is 0 Å². The van der Waals surface area contributed by atoms with E-state index in [9.17, 15) is 14.7 Å². The molecule has 3 rings (SSSR count). The van der Waals surface area contributed by atoms with E-state index < -0.39 is 5.97 Å². The van der Waals surface area contributed by atoms with Crippen molar-refractivity contribution in [2.45, 2.75) is 26.7 Å². The lowest BCUT2D eigenvalue weighted by Gasteiger charge is -2.08. The van der Waals surface area contributed by atoms with E-state index >= 15 is 0 Å². The van der Waals surface area contributed by atoms with Crippen LogP contribution in [0.5, 0.6) is 0 Å². The fourth-order valence-corrected chi connectivity index (χ4v) is 3.84. The molecule has 4 nitrogen and oxygen atoms in total. The number of hydrogen-bond acceptors (Lipinski definition) is 3. The van der Waals surface area contributed by atoms with Crippen LogP contribution >= 0.6 is 11.3 Å². The molecule has 27 heavy (non-hydrogen) atoms. The summed E-state index contributed by atoms with van der Waals surface area (Å²) in [6.45, 7) is 6.13. The SMILES string of the molecule is Cc1cccc(C(=O)Nc2scc(-c3ccc(C(C)C)cc3)c2C(=O)O)c1. The Morgan fingerprint density at radius 2 is 1.78 bits per heavy atom. The molecule has 0 bridgehead atoms. The molecule has 0 fully saturated rings. The van der Waals surface area contributed by atoms with E-state index in [2.05, 4.69) is 19.2 Å². The molecule has 0 saturated carbocycles. The lowest BCUT2D eigenvalue weighted by molar-refractivity contribution is 0.0699. The monoisotopic (exact) mass is 379 g/mol. The van der Waals surface area contributed by atoms with Crippen LogP contribution in [-0.4, -0.2) is 17.0 Å². The van der Waals surface area contributed by atoms with Gasteiger partial charge in [0.25, 0.3) is 5.91 Å². The summed E-state index contributed by atoms with van der Waals surface area (Å²) < 4.78 is 0. The molecule has 0 atom stereocenters. The normalized spacial score (nSPS) is 10.8. The number of hydrogen-bond donors (Lipinski definition) is 2. The topological polar surface area (TPSA) is 66.4 Å². The third-order valence-corrected chi connectivity index (χ3v) is 5.30. The molecule has 2 aromatic carbocycles. The number of carbonyl (C=O) groups is 2. The van der Waals surface area contributed by atoms with Crippen molar-refractivity contribution >= 4 is 28.2 Å². The molecule has 138 valence electrons. The molecule has 5 heteroatoms. The van der Waals surface area contributed by atoms with Gasteiger partial charge >= 0.3 is 5.97 Å². The standard InChI is InChI=1S/C22H21NO3S/c1-13(2)15-7-9-16(10-8-15)18-12-27-21(19(18)22(25)26)23-20(24)17-6-4-5-14(3)11-17/h4-13H,1-3H3,(H,23,24)(H,25,26). The summed E-state index contributed by atoms with van der Waals surface area (Å²) in [5, 5.41) is 14.6. The van der Waals surface area contributed by atoms with Crippen molar-refractivity contribution in [2.24, 2.45) is 0 Å². The maximum absolute atomic E-state index is 12.5. The summed E-state index contributed by atoms with van der Waals surface area (Å²) in [6.07, 6.45) is 0. The maximum atomic E-state index is 12.5. The van der Waals surface area contributed by atoms with Crippen molar-refractivity contribution in [3.63, 3.8) is 0 Å². The minimum absolute atomic E-state index is 0.123. The number of benzene rings is 2. The van der Waals surface area contributed by atoms with Gasteiger partial charge in [0.05, 0.1) is 0 Å². The molecule has 0 saturated heterocycles. The lowest BCUT2D eigenvalue weighted by Crippen LogP contribution is -2.13. The van der Waals surface area contributed by atoms with Gasteiger partial charge in [-0.05, 0) is 36.1 Å². The zero-order valence-corrected chi connectivity index (χ0v) is 16.3. The number of nitrogens with one attached hydrogen (secondary N) is 1. The zero-order valence-electron chi connectivity index (χ0n) is 15.4. The van der Waals surface area contributed by atoms with E-state index in [0.717, 1.165) is 11.1 Å². The van der Waals surface area contributed by atoms with Crippen LogP contribution in [-0.2, 0) is 0 Å². The van der Waals surface area contributed by atoms with Gasteiger partial charge < -0.3 is 10.4 Å². The van der Waals surface area contributed by atoms with Gasteiger partial charge in [-0.1, -0.05) is 55.8 Å². The first-order chi connectivity index (χ1) is 12.9. The Hall–Kier alpha value is -2.92. The number of aromatic carboxylic acids is 1. The Balaban J connectivity index is 1.94. The number of carboxylic acids is 1. The second-order valence-corrected chi connectivity index (χ2v) is 7.64. The molecular formula is C22H21NO3S. The van der Waals surface area contributed by atoms with Crippen molar-refractivity contribution in [3.8, 4) is 11.1 Å². The largest absolute Gasteiger partial charge is 0.478 e. The molecule has 0 spiro atoms. The summed E-state index contributed by atoms with van der Waals surface area (Å²) in [5.74, 6) is -0.965. The number of anilines is 1. The first-order valence-electron chi connectivity index (χ1n) is 8.70. The molecule has 0 aliphatic rings. The summed E-state index contributed by atoms with van der Waals surface area (Å²) >= 11 is 1.22. The van der Waals surface area contributed by atoms with Gasteiger partial charge in [0, 0.05) is 16.5 Å². The summed E-state index contributed by atoms with van der Waals surface area (Å²) in [5.41, 5.74) is 4.23. The number of carbonyl (C=O) groups excluding carboxylic acids is 1. The van der Waals surface area contributed by atoms with E-state index in [4.69, 9.17) is 0 Å². The molecule has 3 aromatic rings. The number of aryl methyl sites for hydroxylation is 1. The second kappa shape index (κ2) is 7.76. The Labute approximate surface area is 162 Å². The van der Waals surface area contributed by atoms with Crippen LogP contribution in [0, 0.1) is 6.92 Å². The third kappa shape index (κ3) is 4.09. The van der Waals surface area contributed by atoms with Crippen LogP contribution in [0.25, 0.3) is 11.1 Å². The average Bonchev–Trinajstić information content (AvgIpc) is 3.05. The average molecular weight is 379 g/mol. The maximum Gasteiger partial charge on any atom is 0.339 e. The molecular weight excluding hydrogens is 358 g/mol. The van der Waals surface area contributed by atoms with Gasteiger partial charge in [0.1, 0.15) is 10.6 Å². The predicted molar refractivity (Wildman–Crippen MR) is 110 cm³/mol. The van der Waals surface area contributed by atoms with Gasteiger partial charge in [0.2, 0.25) is 0 Å². The number of carboxylic acid groups (broad SMARTS) is 1. The smallest absolute Gasteiger partial charge is 0.339 e. The number of amides is 1. The number of thiophene rings is 1. The van der Waals surface area contributed by atoms with E-state index in [-0.39, 0.29) is 11.5 Å². The van der Waals surface area contributed by atoms with E-state index in [1.807, 2.05) is 37.3 Å². The van der Waals surface area contributed by atoms with Crippen molar-refractivity contribution < 1.29 is 14.7 Å². The molecule has 1 heterocycles. The van der Waals surface area contributed by atoms with Crippen molar-refractivity contribution in [1.29, 1.82) is 0 Å². The molecule has 2 N–H and O–H groups in total. The Morgan fingerprint density at radius 3 is 2.37 bits per heavy atom. The molecule has 0 aliphatic heterocycles. The van der Waals surface area contributed by atoms with E-state index in [0.29, 0.717) is 22.0 Å². The van der Waals surface area contributed by atoms with Crippen LogP contribution in [0.3, 0.4) is 0 Å². The quantitative estimate of drug-likeness (QED) is 0.589. The third-order valence-electron chi connectivity index (χ3n) is 4.40. The summed E-state index contributed by atoms with van der Waals surface area (Å²) in [4.78, 5) is 24.4. The highest BCUT2D eigenvalue weighted by Crippen LogP contribution is 2.36. The predicted octanol–water partition coefficient (Wildman–Crippen LogP) is 5.80. The number of rotatable bonds is 5. The lowest BCUT2D eigenvalue weighted by atomic mass is 9.98. The molecule has 0 unspecified atom stereocenters. The van der Waals surface area contributed by atoms with Crippen LogP contribution in [0.15, 0.2) is 53.9 Å². The Bertz CT molecular complexity index is 987. The molecule has 0 radical (unpaired) electrons. The first-order valence-corrected chi connectivity index (χ1v) is 9.58. The fourth-order valence-electron chi connectivity index (χ4n) is 2.88. The van der Waals surface area contributed by atoms with Gasteiger partial charge in [-0.3, -0.25) is 4.79 Å². The van der Waals surface area contributed by atoms with Gasteiger partial charge in [-0.2, -0.15) is 0 Å². The minimum Gasteiger partial charge on any atom is -0.478 e. The molecule has 1 aromatic heterocycles. The highest BCUT2D eigenvalue weighted by atomic mass is 32.1. The van der Waals surface area contributed by atoms with Crippen LogP contribution in [0.2, 0.25) is 0 Å². The fraction of sp³-hybridized carbons (Fsp3) is 0.182. The highest BCUT2D eigenvalue weighted by molar-refractivity contribution is 7.15. The summed E-state index contributed by atoms with van der Waals surface area (Å²) in [6, 6.07) is 15.1. The van der Waals surface area contributed by atoms with Gasteiger partial charge in [-0.15, -0.1) is 11.3 Å². The van der Waals surface area contributed by atoms with Crippen molar-refractivity contribution in [1.82, 2.24) is 0 Å². The van der Waals surface area contributed by atoms with Crippen LogP contribution in [0.4, 0.5) is 5.00 Å². The Morgan fingerprint density at radius 1 is 1.07 bits per heavy atom. The Kier molecular flexibility index (Phi) is 5.42. The minimum atomic E-state index is -1.06. The zero-order chi connectivity index (χ0) is 19.6. The highest BCUT2D eigenvalue weighted by Gasteiger charge is 2.21. The van der Waals surface area contributed by atoms with Gasteiger partial charge in [-0.25, -0.2) is 4.79 Å². The first kappa shape index (κ1) is 18.9. The van der Waals surface area contributed by atoms with E-state index in [1.54, 1.807) is 23.6 Å². The van der Waals surface area contributed by atoms with Crippen molar-refractivity contribution in [2.75, 3.05) is 5.32 Å². The molecule has 0 aliphatic carbocycles. The molecule has 1 amide bonds. The van der Waals surface area contributed by atoms with E-state index in [1.165, 1.54) is 16.9 Å². The second-order valence-electron chi connectivity index (χ2n) is 6.76. The van der Waals surface area contributed by atoms with Crippen LogP contribution in [0.1, 0.15) is 51.6 Å². The van der Waals surface area contributed by atoms with Crippen molar-refractivity contribution in [3.05, 3.63) is 76.2 Å². The summed E-state index contributed by atoms with van der Waals surface area (Å²) in [7, 11) is 0. The van der Waals surface area contributed by atoms with Crippen LogP contribution < -0.4 is 5.32 Å².